The Hall–Kier alpha value is -12.4. The molecule has 0 unspecified atom stereocenters. The third kappa shape index (κ3) is 9.44. The Morgan fingerprint density at radius 2 is 0.359 bits per heavy atom. The topological polar surface area (TPSA) is 140 Å². The van der Waals surface area contributed by atoms with Gasteiger partial charge in [0.15, 0.2) is 0 Å². The Kier molecular flexibility index (Phi) is 13.1. The van der Waals surface area contributed by atoms with Gasteiger partial charge in [-0.2, -0.15) is 0 Å². The summed E-state index contributed by atoms with van der Waals surface area (Å²) in [4.78, 5) is 49.5. The summed E-state index contributed by atoms with van der Waals surface area (Å²) in [6, 6.07) is 80.2. The fourth-order valence-corrected chi connectivity index (χ4v) is 13.5. The van der Waals surface area contributed by atoms with E-state index in [0.29, 0.717) is 11.4 Å². The van der Waals surface area contributed by atoms with Gasteiger partial charge in [-0.15, -0.1) is 0 Å². The van der Waals surface area contributed by atoms with Crippen molar-refractivity contribution in [1.29, 1.82) is 0 Å². The third-order valence-corrected chi connectivity index (χ3v) is 17.6. The summed E-state index contributed by atoms with van der Waals surface area (Å²) < 4.78 is 0. The summed E-state index contributed by atoms with van der Waals surface area (Å²) in [5.41, 5.74) is 29.9. The van der Waals surface area contributed by atoms with E-state index < -0.39 is 0 Å². The zero-order chi connectivity index (χ0) is 61.2. The minimum absolute atomic E-state index is 0.662. The lowest BCUT2D eigenvalue weighted by atomic mass is 10.0. The van der Waals surface area contributed by atoms with Crippen LogP contribution >= 0.6 is 0 Å². The van der Waals surface area contributed by atoms with Gasteiger partial charge in [-0.1, -0.05) is 182 Å². The minimum atomic E-state index is 0.662. The second-order valence-electron chi connectivity index (χ2n) is 23.3. The van der Waals surface area contributed by atoms with Crippen molar-refractivity contribution in [3.8, 4) is 89.3 Å². The van der Waals surface area contributed by atoms with E-state index in [2.05, 4.69) is 263 Å². The van der Waals surface area contributed by atoms with Crippen LogP contribution in [-0.2, 0) is 0 Å². The molecule has 4 N–H and O–H groups in total. The van der Waals surface area contributed by atoms with Gasteiger partial charge >= 0.3 is 0 Å². The van der Waals surface area contributed by atoms with Crippen molar-refractivity contribution >= 4 is 92.7 Å². The highest BCUT2D eigenvalue weighted by atomic mass is 14.9. The normalized spacial score (nSPS) is 12.3. The van der Waals surface area contributed by atoms with Crippen molar-refractivity contribution in [2.75, 3.05) is 0 Å². The third-order valence-electron chi connectivity index (χ3n) is 17.6. The predicted molar refractivity (Wildman–Crippen MR) is 380 cm³/mol. The second kappa shape index (κ2) is 22.3. The lowest BCUT2D eigenvalue weighted by Gasteiger charge is -2.13. The van der Waals surface area contributed by atoms with Crippen molar-refractivity contribution in [2.45, 2.75) is 13.8 Å². The fraction of sp³-hybridized carbons (Fsp3) is 0.0244. The SMILES string of the molecule is Cc1nc(C)c(-c2c3nc(c(-c4ccccc4)c4ccc([nH]4)c(-c4ccccc4)c4nc(c(-c5ccccc5)c5ccc2[nH]5)C=C4)C=C3)nc1-c1c2nc(c(-c3ccccc3)c3ccc([nH]3)c(-c3ccccc3)c3nc(c(-c4ccccc4)c4ccc1[nH]4)C=C3)C=C2. The first-order valence-electron chi connectivity index (χ1n) is 30.9. The van der Waals surface area contributed by atoms with Crippen LogP contribution < -0.4 is 0 Å². The molecule has 0 saturated carbocycles. The highest BCUT2D eigenvalue weighted by Gasteiger charge is 2.25. The number of hydrogen-bond donors (Lipinski definition) is 4. The van der Waals surface area contributed by atoms with E-state index in [1.165, 1.54) is 0 Å². The molecule has 7 aromatic heterocycles. The van der Waals surface area contributed by atoms with E-state index in [4.69, 9.17) is 29.9 Å². The number of nitrogens with zero attached hydrogens (tertiary/aromatic N) is 6. The Bertz CT molecular complexity index is 5200. The molecule has 92 heavy (non-hydrogen) atoms. The summed E-state index contributed by atoms with van der Waals surface area (Å²) in [6.07, 6.45) is 17.0. The van der Waals surface area contributed by atoms with Gasteiger partial charge in [0.1, 0.15) is 0 Å². The van der Waals surface area contributed by atoms with Crippen LogP contribution in [0.15, 0.2) is 231 Å². The number of rotatable bonds is 8. The van der Waals surface area contributed by atoms with Crippen LogP contribution in [0.5, 0.6) is 0 Å². The van der Waals surface area contributed by atoms with Crippen LogP contribution in [0.2, 0.25) is 0 Å². The molecule has 13 aromatic rings. The first kappa shape index (κ1) is 53.8. The average Bonchev–Trinajstić information content (AvgIpc) is 1.93. The van der Waals surface area contributed by atoms with E-state index in [9.17, 15) is 0 Å². The van der Waals surface area contributed by atoms with Crippen LogP contribution in [0, 0.1) is 13.8 Å². The Morgan fingerprint density at radius 1 is 0.185 bits per heavy atom. The first-order valence-corrected chi connectivity index (χ1v) is 30.9. The lowest BCUT2D eigenvalue weighted by Crippen LogP contribution is -2.02. The number of H-pyrrole nitrogens is 4. The lowest BCUT2D eigenvalue weighted by molar-refractivity contribution is 1.06. The average molecular weight is 1180 g/mol. The monoisotopic (exact) mass is 1180 g/mol. The summed E-state index contributed by atoms with van der Waals surface area (Å²) in [7, 11) is 0. The Morgan fingerprint density at radius 3 is 0.554 bits per heavy atom. The smallest absolute Gasteiger partial charge is 0.0964 e. The van der Waals surface area contributed by atoms with Gasteiger partial charge in [0, 0.05) is 66.5 Å². The van der Waals surface area contributed by atoms with E-state index in [1.54, 1.807) is 0 Å². The molecule has 10 nitrogen and oxygen atoms in total. The molecule has 0 saturated heterocycles. The van der Waals surface area contributed by atoms with Gasteiger partial charge in [-0.05, 0) is 144 Å². The van der Waals surface area contributed by atoms with Crippen LogP contribution in [0.1, 0.15) is 56.9 Å². The molecular weight excluding hydrogens is 1120 g/mol. The Labute approximate surface area is 530 Å². The molecule has 0 radical (unpaired) electrons. The standard InChI is InChI=1S/C82H56N10/c1-49-81(79-69-45-41-65(88-69)75(53-25-13-5-14-26-53)61-37-33-57(84-61)73(51-21-9-3-10-22-51)58-34-38-62(85-58)76(54-27-15-6-16-28-54)66-42-46-70(79)89-66)92-82(50(2)83-49)80-71-47-43-67(90-71)77(55-29-17-7-18-30-55)63-39-35-59(86-63)74(52-23-11-4-12-24-52)60-36-40-64(87-60)78(56-31-19-8-20-32-56)68-44-48-72(80)91-68/h3-48,84,86,89,91H,1-2H3. The van der Waals surface area contributed by atoms with Crippen molar-refractivity contribution < 1.29 is 0 Å². The van der Waals surface area contributed by atoms with Crippen molar-refractivity contribution in [1.82, 2.24) is 49.8 Å². The molecule has 11 heterocycles. The molecule has 0 amide bonds. The van der Waals surface area contributed by atoms with Gasteiger partial charge < -0.3 is 19.9 Å². The highest BCUT2D eigenvalue weighted by Crippen LogP contribution is 2.43. The molecule has 17 rings (SSSR count). The molecule has 434 valence electrons. The molecule has 0 aliphatic carbocycles. The molecule has 6 aromatic carbocycles. The largest absolute Gasteiger partial charge is 0.354 e. The van der Waals surface area contributed by atoms with Gasteiger partial charge in [0.05, 0.1) is 90.5 Å². The summed E-state index contributed by atoms with van der Waals surface area (Å²) in [5, 5.41) is 0. The maximum Gasteiger partial charge on any atom is 0.0964 e. The van der Waals surface area contributed by atoms with Gasteiger partial charge in [-0.3, -0.25) is 4.98 Å². The van der Waals surface area contributed by atoms with Gasteiger partial charge in [0.2, 0.25) is 0 Å². The first-order chi connectivity index (χ1) is 45.4. The zero-order valence-corrected chi connectivity index (χ0v) is 50.2. The molecule has 16 bridgehead atoms. The summed E-state index contributed by atoms with van der Waals surface area (Å²) in [6.45, 7) is 4.09. The molecular formula is C82H56N10. The number of aromatic nitrogens is 10. The summed E-state index contributed by atoms with van der Waals surface area (Å²) in [5.74, 6) is 0. The molecule has 4 aliphatic heterocycles. The van der Waals surface area contributed by atoms with Crippen LogP contribution in [0.3, 0.4) is 0 Å². The number of aryl methyl sites for hydroxylation is 2. The molecule has 0 fully saturated rings. The number of hydrogen-bond acceptors (Lipinski definition) is 6. The summed E-state index contributed by atoms with van der Waals surface area (Å²) >= 11 is 0. The number of nitrogens with one attached hydrogen (secondary N) is 4. The van der Waals surface area contributed by atoms with Crippen molar-refractivity contribution in [2.24, 2.45) is 0 Å². The van der Waals surface area contributed by atoms with Crippen LogP contribution in [-0.4, -0.2) is 49.8 Å². The van der Waals surface area contributed by atoms with E-state index in [1.807, 2.05) is 50.2 Å². The van der Waals surface area contributed by atoms with Crippen molar-refractivity contribution in [3.63, 3.8) is 0 Å². The molecule has 0 spiro atoms. The minimum Gasteiger partial charge on any atom is -0.354 e. The molecule has 10 heteroatoms. The number of benzene rings is 6. The quantitative estimate of drug-likeness (QED) is 0.119. The van der Waals surface area contributed by atoms with Crippen LogP contribution in [0.25, 0.3) is 182 Å². The Balaban J connectivity index is 0.980. The van der Waals surface area contributed by atoms with Gasteiger partial charge in [0.25, 0.3) is 0 Å². The van der Waals surface area contributed by atoms with Gasteiger partial charge in [-0.25, -0.2) is 24.9 Å². The predicted octanol–water partition coefficient (Wildman–Crippen LogP) is 20.4. The van der Waals surface area contributed by atoms with E-state index in [0.717, 1.165) is 179 Å². The second-order valence-corrected chi connectivity index (χ2v) is 23.3. The molecule has 0 atom stereocenters. The van der Waals surface area contributed by atoms with E-state index in [-0.39, 0.29) is 0 Å². The maximum atomic E-state index is 5.91. The van der Waals surface area contributed by atoms with Crippen LogP contribution in [0.4, 0.5) is 0 Å². The van der Waals surface area contributed by atoms with Crippen molar-refractivity contribution in [3.05, 3.63) is 287 Å². The number of aromatic amines is 4. The van der Waals surface area contributed by atoms with E-state index >= 15 is 0 Å². The highest BCUT2D eigenvalue weighted by molar-refractivity contribution is 6.03. The molecule has 4 aliphatic rings. The number of fused-ring (bicyclic) bond motifs is 16. The zero-order valence-electron chi connectivity index (χ0n) is 50.2. The maximum absolute atomic E-state index is 5.91. The fourth-order valence-electron chi connectivity index (χ4n) is 13.5.